The molecule has 0 saturated carbocycles. The molecule has 0 atom stereocenters. The summed E-state index contributed by atoms with van der Waals surface area (Å²) in [5.74, 6) is 0. The zero-order valence-corrected chi connectivity index (χ0v) is 15.3. The first-order chi connectivity index (χ1) is 9.11. The summed E-state index contributed by atoms with van der Waals surface area (Å²) in [4.78, 5) is 0. The topological polar surface area (TPSA) is 39.7 Å². The van der Waals surface area contributed by atoms with Gasteiger partial charge in [0.2, 0.25) is 0 Å². The Kier molecular flexibility index (Phi) is 6.23. The first-order valence-electron chi connectivity index (χ1n) is 7.63. The SMILES string of the molecule is CO[Si](C)(CCCOC1CC(C)(C)NC(C)(C)C1)OC. The van der Waals surface area contributed by atoms with Crippen LogP contribution in [0.4, 0.5) is 0 Å². The summed E-state index contributed by atoms with van der Waals surface area (Å²) in [6, 6.07) is 0.984. The minimum atomic E-state index is -1.93. The molecule has 1 heterocycles. The van der Waals surface area contributed by atoms with Crippen LogP contribution in [0.15, 0.2) is 0 Å². The molecular formula is C15H33NO3Si. The molecule has 0 amide bonds. The predicted octanol–water partition coefficient (Wildman–Crippen LogP) is 3.07. The van der Waals surface area contributed by atoms with Crippen LogP contribution in [0.3, 0.4) is 0 Å². The quantitative estimate of drug-likeness (QED) is 0.579. The van der Waals surface area contributed by atoms with E-state index in [0.29, 0.717) is 6.10 Å². The number of rotatable bonds is 7. The van der Waals surface area contributed by atoms with Gasteiger partial charge in [0.15, 0.2) is 0 Å². The molecular weight excluding hydrogens is 270 g/mol. The Labute approximate surface area is 125 Å². The maximum Gasteiger partial charge on any atom is 0.334 e. The number of hydrogen-bond acceptors (Lipinski definition) is 4. The Bertz CT molecular complexity index is 287. The van der Waals surface area contributed by atoms with Crippen molar-refractivity contribution < 1.29 is 13.6 Å². The summed E-state index contributed by atoms with van der Waals surface area (Å²) in [6.07, 6.45) is 3.49. The van der Waals surface area contributed by atoms with Gasteiger partial charge in [0, 0.05) is 31.9 Å². The normalized spacial score (nSPS) is 22.9. The zero-order valence-electron chi connectivity index (χ0n) is 14.3. The van der Waals surface area contributed by atoms with E-state index in [1.165, 1.54) is 0 Å². The van der Waals surface area contributed by atoms with Gasteiger partial charge in [-0.3, -0.25) is 0 Å². The van der Waals surface area contributed by atoms with Crippen molar-refractivity contribution in [2.24, 2.45) is 0 Å². The van der Waals surface area contributed by atoms with E-state index >= 15 is 0 Å². The lowest BCUT2D eigenvalue weighted by Crippen LogP contribution is -2.59. The van der Waals surface area contributed by atoms with E-state index in [9.17, 15) is 0 Å². The van der Waals surface area contributed by atoms with Gasteiger partial charge in [0.05, 0.1) is 6.10 Å². The predicted molar refractivity (Wildman–Crippen MR) is 85.3 cm³/mol. The molecule has 1 aliphatic rings. The maximum absolute atomic E-state index is 6.11. The van der Waals surface area contributed by atoms with Gasteiger partial charge < -0.3 is 18.9 Å². The van der Waals surface area contributed by atoms with Crippen LogP contribution in [0, 0.1) is 0 Å². The average Bonchev–Trinajstić information content (AvgIpc) is 2.30. The highest BCUT2D eigenvalue weighted by Gasteiger charge is 2.38. The summed E-state index contributed by atoms with van der Waals surface area (Å²) < 4.78 is 17.1. The van der Waals surface area contributed by atoms with Gasteiger partial charge in [-0.15, -0.1) is 0 Å². The second kappa shape index (κ2) is 6.88. The average molecular weight is 304 g/mol. The van der Waals surface area contributed by atoms with Crippen LogP contribution in [-0.2, 0) is 13.6 Å². The van der Waals surface area contributed by atoms with Crippen molar-refractivity contribution in [3.05, 3.63) is 0 Å². The minimum absolute atomic E-state index is 0.148. The smallest absolute Gasteiger partial charge is 0.334 e. The van der Waals surface area contributed by atoms with E-state index in [-0.39, 0.29) is 11.1 Å². The number of hydrogen-bond donors (Lipinski definition) is 1. The highest BCUT2D eigenvalue weighted by atomic mass is 28.4. The lowest BCUT2D eigenvalue weighted by Gasteiger charge is -2.46. The monoisotopic (exact) mass is 303 g/mol. The Balaban J connectivity index is 2.35. The van der Waals surface area contributed by atoms with Crippen molar-refractivity contribution >= 4 is 8.56 Å². The molecule has 0 aliphatic carbocycles. The molecule has 20 heavy (non-hydrogen) atoms. The second-order valence-electron chi connectivity index (χ2n) is 7.44. The van der Waals surface area contributed by atoms with Crippen molar-refractivity contribution in [2.75, 3.05) is 20.8 Å². The Morgan fingerprint density at radius 2 is 1.55 bits per heavy atom. The molecule has 1 rings (SSSR count). The molecule has 0 spiro atoms. The first-order valence-corrected chi connectivity index (χ1v) is 10.1. The molecule has 120 valence electrons. The molecule has 4 nitrogen and oxygen atoms in total. The van der Waals surface area contributed by atoms with Gasteiger partial charge >= 0.3 is 8.56 Å². The molecule has 0 aromatic rings. The van der Waals surface area contributed by atoms with Crippen LogP contribution in [0.25, 0.3) is 0 Å². The fourth-order valence-electron chi connectivity index (χ4n) is 3.28. The van der Waals surface area contributed by atoms with Crippen LogP contribution >= 0.6 is 0 Å². The Morgan fingerprint density at radius 3 is 2.00 bits per heavy atom. The largest absolute Gasteiger partial charge is 0.398 e. The second-order valence-corrected chi connectivity index (χ2v) is 11.0. The van der Waals surface area contributed by atoms with Gasteiger partial charge in [-0.2, -0.15) is 0 Å². The number of nitrogens with one attached hydrogen (secondary N) is 1. The van der Waals surface area contributed by atoms with Crippen LogP contribution in [-0.4, -0.2) is 46.6 Å². The van der Waals surface area contributed by atoms with Crippen molar-refractivity contribution in [1.82, 2.24) is 5.32 Å². The van der Waals surface area contributed by atoms with E-state index < -0.39 is 8.56 Å². The minimum Gasteiger partial charge on any atom is -0.398 e. The van der Waals surface area contributed by atoms with Gasteiger partial charge in [-0.25, -0.2) is 0 Å². The summed E-state index contributed by atoms with van der Waals surface area (Å²) >= 11 is 0. The van der Waals surface area contributed by atoms with Crippen molar-refractivity contribution in [2.45, 2.75) is 76.7 Å². The van der Waals surface area contributed by atoms with Crippen LogP contribution in [0.1, 0.15) is 47.0 Å². The molecule has 0 unspecified atom stereocenters. The summed E-state index contributed by atoms with van der Waals surface area (Å²) in [5.41, 5.74) is 0.295. The summed E-state index contributed by atoms with van der Waals surface area (Å²) in [6.45, 7) is 11.9. The molecule has 0 aromatic heterocycles. The zero-order chi connectivity index (χ0) is 15.4. The molecule has 1 aliphatic heterocycles. The Hall–Kier alpha value is 0.0569. The third kappa shape index (κ3) is 5.82. The number of piperidine rings is 1. The van der Waals surface area contributed by atoms with Gasteiger partial charge in [0.1, 0.15) is 0 Å². The third-order valence-electron chi connectivity index (χ3n) is 4.15. The standard InChI is InChI=1S/C15H33NO3Si/c1-14(2)11-13(12-15(3,4)16-14)19-9-8-10-20(7,17-5)18-6/h13,16H,8-12H2,1-7H3. The molecule has 1 N–H and O–H groups in total. The third-order valence-corrected chi connectivity index (χ3v) is 7.13. The first kappa shape index (κ1) is 18.1. The van der Waals surface area contributed by atoms with Crippen molar-refractivity contribution in [3.63, 3.8) is 0 Å². The lowest BCUT2D eigenvalue weighted by molar-refractivity contribution is -0.0218. The highest BCUT2D eigenvalue weighted by Crippen LogP contribution is 2.30. The number of ether oxygens (including phenoxy) is 1. The van der Waals surface area contributed by atoms with Crippen LogP contribution < -0.4 is 5.32 Å². The fourth-order valence-corrected chi connectivity index (χ4v) is 4.64. The van der Waals surface area contributed by atoms with Crippen LogP contribution in [0.2, 0.25) is 12.6 Å². The fraction of sp³-hybridized carbons (Fsp3) is 1.00. The molecule has 0 bridgehead atoms. The summed E-state index contributed by atoms with van der Waals surface area (Å²) in [7, 11) is 1.56. The van der Waals surface area contributed by atoms with Crippen molar-refractivity contribution in [3.8, 4) is 0 Å². The molecule has 0 radical (unpaired) electrons. The molecule has 0 aromatic carbocycles. The molecule has 1 saturated heterocycles. The van der Waals surface area contributed by atoms with E-state index in [0.717, 1.165) is 31.9 Å². The summed E-state index contributed by atoms with van der Waals surface area (Å²) in [5, 5.41) is 3.68. The maximum atomic E-state index is 6.11. The van der Waals surface area contributed by atoms with Gasteiger partial charge in [-0.1, -0.05) is 0 Å². The van der Waals surface area contributed by atoms with Crippen molar-refractivity contribution in [1.29, 1.82) is 0 Å². The Morgan fingerprint density at radius 1 is 1.05 bits per heavy atom. The van der Waals surface area contributed by atoms with Gasteiger partial charge in [-0.05, 0) is 59.5 Å². The highest BCUT2D eigenvalue weighted by molar-refractivity contribution is 6.65. The van der Waals surface area contributed by atoms with E-state index in [1.807, 2.05) is 0 Å². The lowest BCUT2D eigenvalue weighted by atomic mass is 9.81. The van der Waals surface area contributed by atoms with E-state index in [2.05, 4.69) is 39.6 Å². The van der Waals surface area contributed by atoms with E-state index in [4.69, 9.17) is 13.6 Å². The molecule has 1 fully saturated rings. The van der Waals surface area contributed by atoms with Crippen LogP contribution in [0.5, 0.6) is 0 Å². The van der Waals surface area contributed by atoms with E-state index in [1.54, 1.807) is 14.2 Å². The molecule has 5 heteroatoms. The van der Waals surface area contributed by atoms with Gasteiger partial charge in [0.25, 0.3) is 0 Å².